The molecule has 118 valence electrons. The van der Waals surface area contributed by atoms with E-state index >= 15 is 0 Å². The maximum atomic E-state index is 13.7. The monoisotopic (exact) mass is 292 g/mol. The van der Waals surface area contributed by atoms with Crippen molar-refractivity contribution in [2.45, 2.75) is 65.0 Å². The van der Waals surface area contributed by atoms with E-state index < -0.39 is 0 Å². The smallest absolute Gasteiger partial charge is 0.123 e. The number of hydrogen-bond donors (Lipinski definition) is 1. The maximum Gasteiger partial charge on any atom is 0.123 e. The quantitative estimate of drug-likeness (QED) is 0.820. The average Bonchev–Trinajstić information content (AvgIpc) is 2.48. The summed E-state index contributed by atoms with van der Waals surface area (Å²) in [4.78, 5) is 2.52. The highest BCUT2D eigenvalue weighted by atomic mass is 19.1. The van der Waals surface area contributed by atoms with Gasteiger partial charge in [0.2, 0.25) is 0 Å². The minimum absolute atomic E-state index is 0.137. The number of rotatable bonds is 6. The summed E-state index contributed by atoms with van der Waals surface area (Å²) in [6.07, 6.45) is 6.26. The van der Waals surface area contributed by atoms with Crippen molar-refractivity contribution < 1.29 is 4.39 Å². The Labute approximate surface area is 128 Å². The molecule has 1 heterocycles. The minimum Gasteiger partial charge on any atom is -0.368 e. The summed E-state index contributed by atoms with van der Waals surface area (Å²) in [5.74, 6) is -0.137. The maximum absolute atomic E-state index is 13.7. The topological polar surface area (TPSA) is 15.3 Å². The lowest BCUT2D eigenvalue weighted by Gasteiger charge is -2.39. The molecule has 1 aromatic carbocycles. The van der Waals surface area contributed by atoms with E-state index in [4.69, 9.17) is 0 Å². The molecule has 3 heteroatoms. The van der Waals surface area contributed by atoms with Gasteiger partial charge in [0.25, 0.3) is 0 Å². The van der Waals surface area contributed by atoms with Gasteiger partial charge in [-0.15, -0.1) is 0 Å². The summed E-state index contributed by atoms with van der Waals surface area (Å²) in [7, 11) is 0. The highest BCUT2D eigenvalue weighted by Gasteiger charge is 2.25. The lowest BCUT2D eigenvalue weighted by Crippen LogP contribution is -2.40. The van der Waals surface area contributed by atoms with Crippen LogP contribution in [0.2, 0.25) is 0 Å². The molecule has 0 amide bonds. The number of hydrogen-bond acceptors (Lipinski definition) is 2. The zero-order valence-electron chi connectivity index (χ0n) is 13.7. The molecule has 2 rings (SSSR count). The second kappa shape index (κ2) is 7.79. The van der Waals surface area contributed by atoms with E-state index in [0.717, 1.165) is 18.7 Å². The third-order valence-electron chi connectivity index (χ3n) is 4.52. The summed E-state index contributed by atoms with van der Waals surface area (Å²) in [6, 6.07) is 6.09. The van der Waals surface area contributed by atoms with Gasteiger partial charge >= 0.3 is 0 Å². The molecule has 1 fully saturated rings. The van der Waals surface area contributed by atoms with Crippen LogP contribution in [-0.2, 0) is 0 Å². The normalized spacial score (nSPS) is 20.6. The van der Waals surface area contributed by atoms with E-state index in [1.165, 1.54) is 37.8 Å². The summed E-state index contributed by atoms with van der Waals surface area (Å²) in [6.45, 7) is 8.47. The molecule has 0 spiro atoms. The molecule has 1 aliphatic rings. The van der Waals surface area contributed by atoms with Crippen molar-refractivity contribution in [1.29, 1.82) is 0 Å². The first-order valence-electron chi connectivity index (χ1n) is 8.46. The Balaban J connectivity index is 2.31. The molecule has 0 aromatic heterocycles. The van der Waals surface area contributed by atoms with Crippen molar-refractivity contribution in [1.82, 2.24) is 5.32 Å². The first kappa shape index (κ1) is 16.3. The number of anilines is 1. The number of halogens is 1. The van der Waals surface area contributed by atoms with Gasteiger partial charge in [0.05, 0.1) is 0 Å². The highest BCUT2D eigenvalue weighted by molar-refractivity contribution is 5.56. The standard InChI is InChI=1S/C18H29FN2/c1-4-8-16-9-6-7-12-21(16)18-11-10-15(19)13-17(18)14(3)20-5-2/h10-11,13-14,16,20H,4-9,12H2,1-3H3. The number of benzene rings is 1. The van der Waals surface area contributed by atoms with Crippen LogP contribution >= 0.6 is 0 Å². The predicted molar refractivity (Wildman–Crippen MR) is 88.4 cm³/mol. The van der Waals surface area contributed by atoms with Crippen molar-refractivity contribution in [3.63, 3.8) is 0 Å². The summed E-state index contributed by atoms with van der Waals surface area (Å²) in [5, 5.41) is 3.42. The van der Waals surface area contributed by atoms with Gasteiger partial charge in [-0.1, -0.05) is 20.3 Å². The lowest BCUT2D eigenvalue weighted by molar-refractivity contribution is 0.432. The molecule has 1 saturated heterocycles. The number of piperidine rings is 1. The molecule has 21 heavy (non-hydrogen) atoms. The first-order chi connectivity index (χ1) is 10.2. The number of nitrogens with zero attached hydrogens (tertiary/aromatic N) is 1. The highest BCUT2D eigenvalue weighted by Crippen LogP contribution is 2.33. The summed E-state index contributed by atoms with van der Waals surface area (Å²) >= 11 is 0. The van der Waals surface area contributed by atoms with Gasteiger partial charge in [-0.2, -0.15) is 0 Å². The van der Waals surface area contributed by atoms with Crippen LogP contribution in [0.4, 0.5) is 10.1 Å². The largest absolute Gasteiger partial charge is 0.368 e. The second-order valence-corrected chi connectivity index (χ2v) is 6.11. The van der Waals surface area contributed by atoms with Crippen LogP contribution in [0.5, 0.6) is 0 Å². The zero-order valence-corrected chi connectivity index (χ0v) is 13.7. The Kier molecular flexibility index (Phi) is 6.04. The first-order valence-corrected chi connectivity index (χ1v) is 8.46. The van der Waals surface area contributed by atoms with Crippen LogP contribution in [0, 0.1) is 5.82 Å². The Morgan fingerprint density at radius 2 is 2.14 bits per heavy atom. The average molecular weight is 292 g/mol. The Hall–Kier alpha value is -1.09. The molecule has 0 aliphatic carbocycles. The third-order valence-corrected chi connectivity index (χ3v) is 4.52. The molecule has 2 nitrogen and oxygen atoms in total. The SMILES string of the molecule is CCCC1CCCCN1c1ccc(F)cc1C(C)NCC. The van der Waals surface area contributed by atoms with Crippen LogP contribution in [0.25, 0.3) is 0 Å². The van der Waals surface area contributed by atoms with Gasteiger partial charge in [-0.3, -0.25) is 0 Å². The predicted octanol–water partition coefficient (Wildman–Crippen LogP) is 4.66. The van der Waals surface area contributed by atoms with Crippen LogP contribution in [0.3, 0.4) is 0 Å². The lowest BCUT2D eigenvalue weighted by atomic mass is 9.95. The van der Waals surface area contributed by atoms with Gasteiger partial charge in [0.15, 0.2) is 0 Å². The van der Waals surface area contributed by atoms with E-state index in [-0.39, 0.29) is 11.9 Å². The molecule has 0 radical (unpaired) electrons. The molecular formula is C18H29FN2. The molecule has 1 aromatic rings. The van der Waals surface area contributed by atoms with E-state index in [9.17, 15) is 4.39 Å². The Bertz CT molecular complexity index is 445. The van der Waals surface area contributed by atoms with E-state index in [1.807, 2.05) is 6.07 Å². The summed E-state index contributed by atoms with van der Waals surface area (Å²) in [5.41, 5.74) is 2.32. The number of nitrogens with one attached hydrogen (secondary N) is 1. The molecule has 1 aliphatic heterocycles. The van der Waals surface area contributed by atoms with E-state index in [1.54, 1.807) is 12.1 Å². The molecule has 2 atom stereocenters. The van der Waals surface area contributed by atoms with E-state index in [2.05, 4.69) is 31.0 Å². The molecule has 0 bridgehead atoms. The van der Waals surface area contributed by atoms with Gasteiger partial charge < -0.3 is 10.2 Å². The zero-order chi connectivity index (χ0) is 15.2. The fraction of sp³-hybridized carbons (Fsp3) is 0.667. The molecular weight excluding hydrogens is 263 g/mol. The molecule has 2 unspecified atom stereocenters. The fourth-order valence-corrected chi connectivity index (χ4v) is 3.50. The van der Waals surface area contributed by atoms with Crippen LogP contribution < -0.4 is 10.2 Å². The molecule has 1 N–H and O–H groups in total. The second-order valence-electron chi connectivity index (χ2n) is 6.11. The van der Waals surface area contributed by atoms with Crippen molar-refractivity contribution in [3.8, 4) is 0 Å². The third kappa shape index (κ3) is 3.97. The fourth-order valence-electron chi connectivity index (χ4n) is 3.50. The Morgan fingerprint density at radius 3 is 2.86 bits per heavy atom. The van der Waals surface area contributed by atoms with Gasteiger partial charge in [0, 0.05) is 24.3 Å². The van der Waals surface area contributed by atoms with Crippen molar-refractivity contribution in [2.24, 2.45) is 0 Å². The minimum atomic E-state index is -0.137. The van der Waals surface area contributed by atoms with Crippen molar-refractivity contribution >= 4 is 5.69 Å². The molecule has 0 saturated carbocycles. The van der Waals surface area contributed by atoms with Gasteiger partial charge in [-0.05, 0) is 62.9 Å². The summed E-state index contributed by atoms with van der Waals surface area (Å²) < 4.78 is 13.7. The van der Waals surface area contributed by atoms with E-state index in [0.29, 0.717) is 6.04 Å². The van der Waals surface area contributed by atoms with Crippen LogP contribution in [0.15, 0.2) is 18.2 Å². The van der Waals surface area contributed by atoms with Crippen LogP contribution in [0.1, 0.15) is 64.5 Å². The van der Waals surface area contributed by atoms with Crippen molar-refractivity contribution in [2.75, 3.05) is 18.0 Å². The van der Waals surface area contributed by atoms with Crippen LogP contribution in [-0.4, -0.2) is 19.1 Å². The van der Waals surface area contributed by atoms with Crippen molar-refractivity contribution in [3.05, 3.63) is 29.6 Å². The van der Waals surface area contributed by atoms with Gasteiger partial charge in [0.1, 0.15) is 5.82 Å². The van der Waals surface area contributed by atoms with Gasteiger partial charge in [-0.25, -0.2) is 4.39 Å². The Morgan fingerprint density at radius 1 is 1.33 bits per heavy atom.